The molecule has 0 spiro atoms. The molecule has 5 rings (SSSR count). The summed E-state index contributed by atoms with van der Waals surface area (Å²) in [5.41, 5.74) is 8.95. The van der Waals surface area contributed by atoms with Crippen LogP contribution in [0.1, 0.15) is 37.1 Å². The van der Waals surface area contributed by atoms with Crippen molar-refractivity contribution in [3.63, 3.8) is 0 Å². The minimum atomic E-state index is 0.245. The first-order valence-electron chi connectivity index (χ1n) is 9.45. The van der Waals surface area contributed by atoms with Gasteiger partial charge in [0.25, 0.3) is 0 Å². The van der Waals surface area contributed by atoms with Crippen LogP contribution in [0.4, 0.5) is 11.8 Å². The fraction of sp³-hybridized carbons (Fsp3) is 0.684. The minimum absolute atomic E-state index is 0.245. The summed E-state index contributed by atoms with van der Waals surface area (Å²) in [6.07, 6.45) is 3.63. The zero-order valence-corrected chi connectivity index (χ0v) is 16.2. The molecule has 0 amide bonds. The van der Waals surface area contributed by atoms with Crippen molar-refractivity contribution in [3.05, 3.63) is 10.4 Å². The molecule has 2 atom stereocenters. The van der Waals surface area contributed by atoms with E-state index in [0.717, 1.165) is 42.7 Å². The monoisotopic (exact) mass is 357 g/mol. The van der Waals surface area contributed by atoms with Gasteiger partial charge in [0.1, 0.15) is 0 Å². The minimum Gasteiger partial charge on any atom is -0.368 e. The topological polar surface area (TPSA) is 58.3 Å². The number of anilines is 2. The lowest BCUT2D eigenvalue weighted by atomic mass is 9.78. The Hall–Kier alpha value is -1.40. The molecule has 0 aromatic carbocycles. The van der Waals surface area contributed by atoms with Crippen molar-refractivity contribution in [3.8, 4) is 0 Å². The number of nitrogen functional groups attached to an aromatic ring is 1. The molecule has 0 bridgehead atoms. The number of rotatable bonds is 1. The number of nitrogens with zero attached hydrogens (tertiary/aromatic N) is 4. The Labute approximate surface area is 153 Å². The van der Waals surface area contributed by atoms with Gasteiger partial charge in [-0.2, -0.15) is 4.98 Å². The molecule has 6 heteroatoms. The molecule has 25 heavy (non-hydrogen) atoms. The fourth-order valence-electron chi connectivity index (χ4n) is 5.24. The summed E-state index contributed by atoms with van der Waals surface area (Å²) in [6, 6.07) is 0. The van der Waals surface area contributed by atoms with Crippen LogP contribution in [0.3, 0.4) is 0 Å². The van der Waals surface area contributed by atoms with Gasteiger partial charge in [0.05, 0.1) is 10.2 Å². The van der Waals surface area contributed by atoms with Gasteiger partial charge in [0.2, 0.25) is 5.95 Å². The molecule has 4 heterocycles. The van der Waals surface area contributed by atoms with Gasteiger partial charge in [0, 0.05) is 31.1 Å². The maximum atomic E-state index is 6.14. The third kappa shape index (κ3) is 2.37. The average Bonchev–Trinajstić information content (AvgIpc) is 3.18. The van der Waals surface area contributed by atoms with E-state index in [1.807, 2.05) is 11.3 Å². The molecule has 2 aromatic heterocycles. The zero-order valence-electron chi connectivity index (χ0n) is 15.4. The summed E-state index contributed by atoms with van der Waals surface area (Å²) in [6.45, 7) is 9.36. The van der Waals surface area contributed by atoms with Crippen LogP contribution >= 0.6 is 11.3 Å². The van der Waals surface area contributed by atoms with Crippen LogP contribution in [0.5, 0.6) is 0 Å². The molecule has 1 aliphatic carbocycles. The standard InChI is InChI=1S/C19H27N5S/c1-19(2)6-4-5-13-14-15(25-16(13)19)17(22-18(20)21-14)24-9-11-7-23(3)8-12(11)10-24/h11-12H,4-10H2,1-3H3,(H2,20,21,22)/t11-,12?/m1/s1. The summed E-state index contributed by atoms with van der Waals surface area (Å²) in [5, 5.41) is 0. The quantitative estimate of drug-likeness (QED) is 0.850. The predicted octanol–water partition coefficient (Wildman–Crippen LogP) is 2.89. The smallest absolute Gasteiger partial charge is 0.222 e. The van der Waals surface area contributed by atoms with E-state index in [1.54, 1.807) is 0 Å². The molecule has 2 N–H and O–H groups in total. The van der Waals surface area contributed by atoms with Gasteiger partial charge in [-0.25, -0.2) is 4.98 Å². The molecule has 0 saturated carbocycles. The first kappa shape index (κ1) is 15.8. The Morgan fingerprint density at radius 2 is 1.84 bits per heavy atom. The average molecular weight is 358 g/mol. The first-order chi connectivity index (χ1) is 11.9. The lowest BCUT2D eigenvalue weighted by Gasteiger charge is -2.29. The van der Waals surface area contributed by atoms with Crippen molar-refractivity contribution in [1.82, 2.24) is 14.9 Å². The first-order valence-corrected chi connectivity index (χ1v) is 10.3. The Balaban J connectivity index is 1.61. The molecule has 2 saturated heterocycles. The molecule has 2 fully saturated rings. The van der Waals surface area contributed by atoms with Crippen molar-refractivity contribution in [2.45, 2.75) is 38.5 Å². The molecule has 0 radical (unpaired) electrons. The normalized spacial score (nSPS) is 28.5. The van der Waals surface area contributed by atoms with Crippen molar-refractivity contribution in [2.75, 3.05) is 43.9 Å². The molecule has 1 unspecified atom stereocenters. The number of thiophene rings is 1. The van der Waals surface area contributed by atoms with Gasteiger partial charge in [-0.15, -0.1) is 11.3 Å². The van der Waals surface area contributed by atoms with E-state index in [9.17, 15) is 0 Å². The second-order valence-electron chi connectivity index (χ2n) is 8.88. The second kappa shape index (κ2) is 5.30. The second-order valence-corrected chi connectivity index (χ2v) is 9.90. The number of aryl methyl sites for hydroxylation is 1. The molecule has 5 nitrogen and oxygen atoms in total. The Morgan fingerprint density at radius 1 is 1.12 bits per heavy atom. The van der Waals surface area contributed by atoms with Crippen LogP contribution in [0.25, 0.3) is 10.2 Å². The van der Waals surface area contributed by atoms with Crippen molar-refractivity contribution >= 4 is 33.3 Å². The van der Waals surface area contributed by atoms with E-state index >= 15 is 0 Å². The van der Waals surface area contributed by atoms with Gasteiger partial charge >= 0.3 is 0 Å². The van der Waals surface area contributed by atoms with Gasteiger partial charge in [0.15, 0.2) is 5.82 Å². The van der Waals surface area contributed by atoms with E-state index < -0.39 is 0 Å². The SMILES string of the molecule is CN1CC2CN(c3nc(N)nc4c5c(sc34)C(C)(C)CCC5)C[C@H]2C1. The summed E-state index contributed by atoms with van der Waals surface area (Å²) in [4.78, 5) is 15.8. The summed E-state index contributed by atoms with van der Waals surface area (Å²) in [5.74, 6) is 3.06. The highest BCUT2D eigenvalue weighted by molar-refractivity contribution is 7.20. The van der Waals surface area contributed by atoms with E-state index in [2.05, 4.69) is 35.7 Å². The fourth-order valence-corrected chi connectivity index (χ4v) is 6.68. The van der Waals surface area contributed by atoms with E-state index in [0.29, 0.717) is 5.95 Å². The number of fused-ring (bicyclic) bond motifs is 4. The molecular weight excluding hydrogens is 330 g/mol. The highest BCUT2D eigenvalue weighted by atomic mass is 32.1. The van der Waals surface area contributed by atoms with E-state index in [-0.39, 0.29) is 5.41 Å². The number of aromatic nitrogens is 2. The molecule has 2 aliphatic heterocycles. The maximum absolute atomic E-state index is 6.14. The van der Waals surface area contributed by atoms with Crippen LogP contribution in [-0.2, 0) is 11.8 Å². The van der Waals surface area contributed by atoms with Crippen LogP contribution in [-0.4, -0.2) is 48.1 Å². The van der Waals surface area contributed by atoms with Crippen LogP contribution in [0.15, 0.2) is 0 Å². The predicted molar refractivity (Wildman–Crippen MR) is 104 cm³/mol. The van der Waals surface area contributed by atoms with Gasteiger partial charge in [-0.05, 0) is 49.1 Å². The number of hydrogen-bond acceptors (Lipinski definition) is 6. The Bertz CT molecular complexity index is 828. The summed E-state index contributed by atoms with van der Waals surface area (Å²) in [7, 11) is 2.24. The number of hydrogen-bond donors (Lipinski definition) is 1. The summed E-state index contributed by atoms with van der Waals surface area (Å²) < 4.78 is 1.27. The highest BCUT2D eigenvalue weighted by Gasteiger charge is 2.40. The maximum Gasteiger partial charge on any atom is 0.222 e. The van der Waals surface area contributed by atoms with Gasteiger partial charge in [-0.3, -0.25) is 0 Å². The van der Waals surface area contributed by atoms with Gasteiger partial charge < -0.3 is 15.5 Å². The van der Waals surface area contributed by atoms with Crippen LogP contribution in [0.2, 0.25) is 0 Å². The van der Waals surface area contributed by atoms with Crippen LogP contribution < -0.4 is 10.6 Å². The van der Waals surface area contributed by atoms with E-state index in [1.165, 1.54) is 41.1 Å². The lowest BCUT2D eigenvalue weighted by molar-refractivity contribution is 0.387. The number of nitrogens with two attached hydrogens (primary N) is 1. The Morgan fingerprint density at radius 3 is 2.56 bits per heavy atom. The van der Waals surface area contributed by atoms with Crippen molar-refractivity contribution in [2.24, 2.45) is 11.8 Å². The lowest BCUT2D eigenvalue weighted by Crippen LogP contribution is -2.27. The molecule has 134 valence electrons. The summed E-state index contributed by atoms with van der Waals surface area (Å²) >= 11 is 1.92. The third-order valence-corrected chi connectivity index (χ3v) is 8.02. The zero-order chi connectivity index (χ0) is 17.3. The molecule has 3 aliphatic rings. The Kier molecular flexibility index (Phi) is 3.36. The van der Waals surface area contributed by atoms with Crippen molar-refractivity contribution in [1.29, 1.82) is 0 Å². The van der Waals surface area contributed by atoms with Crippen LogP contribution in [0, 0.1) is 11.8 Å². The molecular formula is C19H27N5S. The highest BCUT2D eigenvalue weighted by Crippen LogP contribution is 2.47. The third-order valence-electron chi connectivity index (χ3n) is 6.44. The number of likely N-dealkylation sites (tertiary alicyclic amines) is 1. The van der Waals surface area contributed by atoms with Crippen molar-refractivity contribution < 1.29 is 0 Å². The van der Waals surface area contributed by atoms with Gasteiger partial charge in [-0.1, -0.05) is 13.8 Å². The largest absolute Gasteiger partial charge is 0.368 e. The molecule has 2 aromatic rings. The van der Waals surface area contributed by atoms with E-state index in [4.69, 9.17) is 10.7 Å².